The summed E-state index contributed by atoms with van der Waals surface area (Å²) < 4.78 is 5.74. The van der Waals surface area contributed by atoms with E-state index >= 15 is 0 Å². The largest absolute Gasteiger partial charge is 0.378 e. The van der Waals surface area contributed by atoms with Crippen LogP contribution in [0, 0.1) is 0 Å². The molecular formula is C33H31N5O. The Hall–Kier alpha value is -3.87. The number of fused-ring (bicyclic) bond motifs is 4. The second-order valence-electron chi connectivity index (χ2n) is 11.2. The smallest absolute Gasteiger partial charge is 0.181 e. The van der Waals surface area contributed by atoms with Gasteiger partial charge in [0.2, 0.25) is 0 Å². The SMILES string of the molecule is c1ccc(-c2ccc(-c3[nH]nc4ncc(-c5ccc6c(c5)CCC(N5C7COCC5C7)CC6)cc34)cc2)nc1. The lowest BCUT2D eigenvalue weighted by Crippen LogP contribution is -2.66. The molecule has 0 spiro atoms. The Morgan fingerprint density at radius 1 is 0.744 bits per heavy atom. The molecule has 194 valence electrons. The number of morpholine rings is 1. The fraction of sp³-hybridized carbons (Fsp3) is 0.303. The van der Waals surface area contributed by atoms with Crippen molar-refractivity contribution in [1.29, 1.82) is 0 Å². The summed E-state index contributed by atoms with van der Waals surface area (Å²) in [5, 5.41) is 8.76. The van der Waals surface area contributed by atoms with Crippen LogP contribution in [0.25, 0.3) is 44.7 Å². The van der Waals surface area contributed by atoms with Crippen LogP contribution in [-0.4, -0.2) is 56.4 Å². The van der Waals surface area contributed by atoms with Gasteiger partial charge in [0, 0.05) is 52.6 Å². The normalized spacial score (nSPS) is 22.7. The van der Waals surface area contributed by atoms with Crippen molar-refractivity contribution in [2.45, 2.75) is 50.2 Å². The number of benzene rings is 2. The van der Waals surface area contributed by atoms with E-state index < -0.39 is 0 Å². The second kappa shape index (κ2) is 9.40. The zero-order valence-electron chi connectivity index (χ0n) is 21.9. The predicted molar refractivity (Wildman–Crippen MR) is 153 cm³/mol. The Morgan fingerprint density at radius 3 is 2.33 bits per heavy atom. The molecule has 2 fully saturated rings. The molecule has 6 heteroatoms. The van der Waals surface area contributed by atoms with Gasteiger partial charge >= 0.3 is 0 Å². The molecule has 8 rings (SSSR count). The van der Waals surface area contributed by atoms with Gasteiger partial charge < -0.3 is 4.74 Å². The Kier molecular flexibility index (Phi) is 5.56. The molecule has 6 nitrogen and oxygen atoms in total. The number of pyridine rings is 2. The minimum absolute atomic E-state index is 0.652. The van der Waals surface area contributed by atoms with Crippen molar-refractivity contribution in [2.75, 3.05) is 13.2 Å². The van der Waals surface area contributed by atoms with Crippen molar-refractivity contribution >= 4 is 11.0 Å². The number of ether oxygens (including phenoxy) is 1. The van der Waals surface area contributed by atoms with Crippen molar-refractivity contribution in [3.63, 3.8) is 0 Å². The summed E-state index contributed by atoms with van der Waals surface area (Å²) in [5.41, 5.74) is 10.3. The van der Waals surface area contributed by atoms with Crippen LogP contribution in [0.15, 0.2) is 79.1 Å². The number of nitrogens with zero attached hydrogens (tertiary/aromatic N) is 4. The molecule has 2 aliphatic heterocycles. The zero-order valence-corrected chi connectivity index (χ0v) is 21.9. The molecule has 5 heterocycles. The Balaban J connectivity index is 1.06. The number of hydrogen-bond acceptors (Lipinski definition) is 5. The van der Waals surface area contributed by atoms with Crippen LogP contribution in [0.2, 0.25) is 0 Å². The van der Waals surface area contributed by atoms with Crippen molar-refractivity contribution in [3.8, 4) is 33.6 Å². The second-order valence-corrected chi connectivity index (χ2v) is 11.2. The lowest BCUT2D eigenvalue weighted by atomic mass is 9.87. The molecule has 0 radical (unpaired) electrons. The van der Waals surface area contributed by atoms with Crippen LogP contribution in [-0.2, 0) is 17.6 Å². The number of aromatic amines is 1. The van der Waals surface area contributed by atoms with Crippen molar-refractivity contribution < 1.29 is 4.74 Å². The Morgan fingerprint density at radius 2 is 1.54 bits per heavy atom. The topological polar surface area (TPSA) is 66.9 Å². The van der Waals surface area contributed by atoms with Gasteiger partial charge in [-0.25, -0.2) is 4.98 Å². The minimum Gasteiger partial charge on any atom is -0.378 e. The van der Waals surface area contributed by atoms with Crippen LogP contribution in [0.1, 0.15) is 30.4 Å². The van der Waals surface area contributed by atoms with E-state index in [1.165, 1.54) is 36.0 Å². The molecule has 5 aromatic rings. The fourth-order valence-electron chi connectivity index (χ4n) is 6.95. The first kappa shape index (κ1) is 23.1. The highest BCUT2D eigenvalue weighted by Crippen LogP contribution is 2.38. The van der Waals surface area contributed by atoms with Crippen LogP contribution < -0.4 is 0 Å². The third kappa shape index (κ3) is 4.06. The first-order valence-corrected chi connectivity index (χ1v) is 14.1. The van der Waals surface area contributed by atoms with Crippen LogP contribution >= 0.6 is 0 Å². The summed E-state index contributed by atoms with van der Waals surface area (Å²) in [7, 11) is 0. The molecule has 1 N–H and O–H groups in total. The molecule has 0 saturated carbocycles. The predicted octanol–water partition coefficient (Wildman–Crippen LogP) is 6.07. The Bertz CT molecular complexity index is 1630. The molecule has 2 saturated heterocycles. The van der Waals surface area contributed by atoms with E-state index in [1.807, 2.05) is 30.6 Å². The van der Waals surface area contributed by atoms with Gasteiger partial charge in [-0.15, -0.1) is 0 Å². The van der Waals surface area contributed by atoms with Gasteiger partial charge in [-0.1, -0.05) is 48.5 Å². The number of H-pyrrole nitrogens is 1. The first-order valence-electron chi connectivity index (χ1n) is 14.1. The van der Waals surface area contributed by atoms with Gasteiger partial charge in [-0.2, -0.15) is 5.10 Å². The number of aromatic nitrogens is 4. The lowest BCUT2D eigenvalue weighted by Gasteiger charge is -2.56. The van der Waals surface area contributed by atoms with Crippen LogP contribution in [0.5, 0.6) is 0 Å². The van der Waals surface area contributed by atoms with E-state index in [-0.39, 0.29) is 0 Å². The van der Waals surface area contributed by atoms with E-state index in [2.05, 4.69) is 68.6 Å². The molecule has 0 amide bonds. The third-order valence-electron chi connectivity index (χ3n) is 9.01. The van der Waals surface area contributed by atoms with Crippen molar-refractivity contribution in [3.05, 3.63) is 90.3 Å². The molecule has 2 bridgehead atoms. The average molecular weight is 514 g/mol. The van der Waals surface area contributed by atoms with Crippen molar-refractivity contribution in [1.82, 2.24) is 25.1 Å². The van der Waals surface area contributed by atoms with E-state index in [0.717, 1.165) is 65.2 Å². The summed E-state index contributed by atoms with van der Waals surface area (Å²) in [6, 6.07) is 25.7. The lowest BCUT2D eigenvalue weighted by molar-refractivity contribution is -0.148. The van der Waals surface area contributed by atoms with Crippen molar-refractivity contribution in [2.24, 2.45) is 0 Å². The highest BCUT2D eigenvalue weighted by molar-refractivity contribution is 5.93. The molecule has 3 aromatic heterocycles. The number of aryl methyl sites for hydroxylation is 2. The van der Waals surface area contributed by atoms with Gasteiger partial charge in [-0.3, -0.25) is 15.0 Å². The molecule has 3 atom stereocenters. The minimum atomic E-state index is 0.652. The van der Waals surface area contributed by atoms with E-state index in [4.69, 9.17) is 9.72 Å². The highest BCUT2D eigenvalue weighted by Gasteiger charge is 2.45. The van der Waals surface area contributed by atoms with Crippen LogP contribution in [0.4, 0.5) is 0 Å². The maximum Gasteiger partial charge on any atom is 0.181 e. The van der Waals surface area contributed by atoms with E-state index in [0.29, 0.717) is 18.1 Å². The Labute approximate surface area is 228 Å². The summed E-state index contributed by atoms with van der Waals surface area (Å²) in [4.78, 5) is 12.0. The average Bonchev–Trinajstić information content (AvgIpc) is 3.32. The number of hydrogen-bond donors (Lipinski definition) is 1. The summed E-state index contributed by atoms with van der Waals surface area (Å²) >= 11 is 0. The third-order valence-corrected chi connectivity index (χ3v) is 9.01. The first-order chi connectivity index (χ1) is 19.3. The molecule has 3 unspecified atom stereocenters. The highest BCUT2D eigenvalue weighted by atomic mass is 16.5. The fourth-order valence-corrected chi connectivity index (χ4v) is 6.95. The zero-order chi connectivity index (χ0) is 25.8. The van der Waals surface area contributed by atoms with Gasteiger partial charge in [0.15, 0.2) is 5.65 Å². The van der Waals surface area contributed by atoms with Gasteiger partial charge in [-0.05, 0) is 67.0 Å². The summed E-state index contributed by atoms with van der Waals surface area (Å²) in [5.74, 6) is 0. The van der Waals surface area contributed by atoms with E-state index in [1.54, 1.807) is 0 Å². The molecule has 3 aliphatic rings. The molecular weight excluding hydrogens is 482 g/mol. The number of nitrogens with one attached hydrogen (secondary N) is 1. The van der Waals surface area contributed by atoms with Crippen LogP contribution in [0.3, 0.4) is 0 Å². The van der Waals surface area contributed by atoms with E-state index in [9.17, 15) is 0 Å². The number of rotatable bonds is 4. The maximum atomic E-state index is 5.74. The maximum absolute atomic E-state index is 5.74. The monoisotopic (exact) mass is 513 g/mol. The van der Waals surface area contributed by atoms with Gasteiger partial charge in [0.25, 0.3) is 0 Å². The summed E-state index contributed by atoms with van der Waals surface area (Å²) in [6.07, 6.45) is 9.90. The summed E-state index contributed by atoms with van der Waals surface area (Å²) in [6.45, 7) is 1.84. The van der Waals surface area contributed by atoms with Gasteiger partial charge in [0.05, 0.1) is 24.6 Å². The van der Waals surface area contributed by atoms with Gasteiger partial charge in [0.1, 0.15) is 0 Å². The molecule has 39 heavy (non-hydrogen) atoms. The quantitative estimate of drug-likeness (QED) is 0.295. The molecule has 2 aromatic carbocycles. The standard InChI is InChI=1S/C33H31N5O/c1-2-14-34-31(3-1)22-5-7-23(8-6-22)32-30-16-26(18-35-33(30)37-36-32)25-9-4-21-10-12-27(13-11-24(21)15-25)38-28-17-29(38)20-39-19-28/h1-9,14-16,18,27-29H,10-13,17,19-20H2,(H,35,36,37). The molecule has 1 aliphatic carbocycles.